The molecule has 0 saturated heterocycles. The number of benzene rings is 3. The molecule has 4 heteroatoms. The maximum atomic E-state index is 10.0. The van der Waals surface area contributed by atoms with Crippen LogP contribution in [0.25, 0.3) is 0 Å². The van der Waals surface area contributed by atoms with E-state index in [0.717, 1.165) is 29.8 Å². The van der Waals surface area contributed by atoms with Gasteiger partial charge in [-0.05, 0) is 28.2 Å². The van der Waals surface area contributed by atoms with Crippen LogP contribution < -0.4 is 10.4 Å². The van der Waals surface area contributed by atoms with Crippen LogP contribution in [0.1, 0.15) is 16.7 Å². The summed E-state index contributed by atoms with van der Waals surface area (Å²) >= 11 is 0. The van der Waals surface area contributed by atoms with Gasteiger partial charge in [0.25, 0.3) is 0 Å². The third-order valence-electron chi connectivity index (χ3n) is 4.61. The van der Waals surface area contributed by atoms with Crippen molar-refractivity contribution in [1.82, 2.24) is 0 Å². The summed E-state index contributed by atoms with van der Waals surface area (Å²) < 4.78 is 5.44. The van der Waals surface area contributed by atoms with Crippen LogP contribution in [0.4, 0.5) is 5.69 Å². The lowest BCUT2D eigenvalue weighted by Gasteiger charge is -2.27. The van der Waals surface area contributed by atoms with Gasteiger partial charge in [-0.3, -0.25) is 0 Å². The zero-order valence-corrected chi connectivity index (χ0v) is 14.0. The molecule has 0 bridgehead atoms. The van der Waals surface area contributed by atoms with Crippen LogP contribution >= 0.6 is 0 Å². The number of hydrogen-bond acceptors (Lipinski definition) is 3. The minimum atomic E-state index is -0.815. The molecular formula is C21H20BNO2. The van der Waals surface area contributed by atoms with E-state index in [1.807, 2.05) is 24.3 Å². The van der Waals surface area contributed by atoms with Crippen molar-refractivity contribution in [2.75, 3.05) is 4.90 Å². The Labute approximate surface area is 148 Å². The topological polar surface area (TPSA) is 32.7 Å². The average Bonchev–Trinajstić information content (AvgIpc) is 3.04. The zero-order valence-electron chi connectivity index (χ0n) is 14.0. The SMILES string of the molecule is OB1OCc2c1cccc2N(Cc1ccccc1)Cc1ccccc1. The largest absolute Gasteiger partial charge is 0.491 e. The first-order valence-corrected chi connectivity index (χ1v) is 8.55. The van der Waals surface area contributed by atoms with Crippen molar-refractivity contribution in [1.29, 1.82) is 0 Å². The Morgan fingerprint density at radius 2 is 1.40 bits per heavy atom. The average molecular weight is 329 g/mol. The van der Waals surface area contributed by atoms with Crippen molar-refractivity contribution in [3.05, 3.63) is 95.6 Å². The summed E-state index contributed by atoms with van der Waals surface area (Å²) in [6, 6.07) is 27.0. The zero-order chi connectivity index (χ0) is 17.1. The fourth-order valence-corrected chi connectivity index (χ4v) is 3.36. The maximum absolute atomic E-state index is 10.0. The number of nitrogens with zero attached hydrogens (tertiary/aromatic N) is 1. The highest BCUT2D eigenvalue weighted by molar-refractivity contribution is 6.61. The van der Waals surface area contributed by atoms with Crippen molar-refractivity contribution in [2.24, 2.45) is 0 Å². The molecule has 4 rings (SSSR count). The normalized spacial score (nSPS) is 12.9. The lowest BCUT2D eigenvalue weighted by Crippen LogP contribution is -2.30. The van der Waals surface area contributed by atoms with E-state index in [4.69, 9.17) is 4.65 Å². The summed E-state index contributed by atoms with van der Waals surface area (Å²) in [5.74, 6) is 0. The standard InChI is InChI=1S/C21H20BNO2/c24-22-20-12-7-13-21(19(20)16-25-22)23(14-17-8-3-1-4-9-17)15-18-10-5-2-6-11-18/h1-13,24H,14-16H2. The summed E-state index contributed by atoms with van der Waals surface area (Å²) in [7, 11) is -0.815. The molecule has 0 fully saturated rings. The quantitative estimate of drug-likeness (QED) is 0.730. The summed E-state index contributed by atoms with van der Waals surface area (Å²) in [5.41, 5.74) is 5.61. The molecule has 0 atom stereocenters. The molecule has 0 amide bonds. The molecule has 1 heterocycles. The minimum absolute atomic E-state index is 0.451. The van der Waals surface area contributed by atoms with Crippen LogP contribution in [0.3, 0.4) is 0 Å². The fraction of sp³-hybridized carbons (Fsp3) is 0.143. The van der Waals surface area contributed by atoms with E-state index in [2.05, 4.69) is 59.5 Å². The number of rotatable bonds is 5. The van der Waals surface area contributed by atoms with E-state index >= 15 is 0 Å². The van der Waals surface area contributed by atoms with Gasteiger partial charge in [-0.1, -0.05) is 72.8 Å². The van der Waals surface area contributed by atoms with Gasteiger partial charge in [0.1, 0.15) is 0 Å². The molecule has 0 aliphatic carbocycles. The molecule has 0 aromatic heterocycles. The molecule has 0 radical (unpaired) electrons. The van der Waals surface area contributed by atoms with Gasteiger partial charge >= 0.3 is 7.12 Å². The monoisotopic (exact) mass is 329 g/mol. The van der Waals surface area contributed by atoms with Crippen LogP contribution in [0.5, 0.6) is 0 Å². The predicted molar refractivity (Wildman–Crippen MR) is 102 cm³/mol. The molecule has 0 unspecified atom stereocenters. The lowest BCUT2D eigenvalue weighted by molar-refractivity contribution is 0.275. The van der Waals surface area contributed by atoms with Crippen LogP contribution in [0.2, 0.25) is 0 Å². The Morgan fingerprint density at radius 1 is 0.800 bits per heavy atom. The Kier molecular flexibility index (Phi) is 4.55. The second-order valence-corrected chi connectivity index (χ2v) is 6.34. The third-order valence-corrected chi connectivity index (χ3v) is 4.61. The Balaban J connectivity index is 1.70. The van der Waals surface area contributed by atoms with E-state index in [1.54, 1.807) is 0 Å². The summed E-state index contributed by atoms with van der Waals surface area (Å²) in [6.45, 7) is 2.07. The Bertz CT molecular complexity index is 798. The van der Waals surface area contributed by atoms with Crippen molar-refractivity contribution < 1.29 is 9.68 Å². The van der Waals surface area contributed by atoms with Gasteiger partial charge in [0.05, 0.1) is 6.61 Å². The first kappa shape index (κ1) is 15.9. The van der Waals surface area contributed by atoms with Crippen LogP contribution in [0, 0.1) is 0 Å². The second kappa shape index (κ2) is 7.13. The first-order chi connectivity index (χ1) is 12.3. The molecular weight excluding hydrogens is 309 g/mol. The number of hydrogen-bond donors (Lipinski definition) is 1. The van der Waals surface area contributed by atoms with Gasteiger partial charge in [-0.15, -0.1) is 0 Å². The first-order valence-electron chi connectivity index (χ1n) is 8.55. The van der Waals surface area contributed by atoms with E-state index in [1.165, 1.54) is 11.1 Å². The number of anilines is 1. The van der Waals surface area contributed by atoms with Gasteiger partial charge in [-0.2, -0.15) is 0 Å². The molecule has 3 nitrogen and oxygen atoms in total. The molecule has 1 aliphatic rings. The van der Waals surface area contributed by atoms with Crippen molar-refractivity contribution >= 4 is 18.3 Å². The van der Waals surface area contributed by atoms with E-state index in [9.17, 15) is 5.02 Å². The summed E-state index contributed by atoms with van der Waals surface area (Å²) in [4.78, 5) is 2.35. The molecule has 3 aromatic carbocycles. The van der Waals surface area contributed by atoms with E-state index in [0.29, 0.717) is 6.61 Å². The second-order valence-electron chi connectivity index (χ2n) is 6.34. The number of fused-ring (bicyclic) bond motifs is 1. The van der Waals surface area contributed by atoms with Crippen LogP contribution in [0.15, 0.2) is 78.9 Å². The lowest BCUT2D eigenvalue weighted by atomic mass is 9.79. The highest BCUT2D eigenvalue weighted by atomic mass is 16.5. The summed E-state index contributed by atoms with van der Waals surface area (Å²) in [6.07, 6.45) is 0. The molecule has 0 saturated carbocycles. The van der Waals surface area contributed by atoms with Crippen LogP contribution in [-0.2, 0) is 24.4 Å². The smallest absolute Gasteiger partial charge is 0.423 e. The van der Waals surface area contributed by atoms with Gasteiger partial charge in [-0.25, -0.2) is 0 Å². The maximum Gasteiger partial charge on any atom is 0.491 e. The van der Waals surface area contributed by atoms with Gasteiger partial charge in [0, 0.05) is 18.8 Å². The van der Waals surface area contributed by atoms with Crippen molar-refractivity contribution in [3.63, 3.8) is 0 Å². The predicted octanol–water partition coefficient (Wildman–Crippen LogP) is 3.11. The Hall–Kier alpha value is -2.56. The molecule has 1 N–H and O–H groups in total. The van der Waals surface area contributed by atoms with Gasteiger partial charge < -0.3 is 14.6 Å². The fourth-order valence-electron chi connectivity index (χ4n) is 3.36. The summed E-state index contributed by atoms with van der Waals surface area (Å²) in [5, 5.41) is 10.0. The molecule has 1 aliphatic heterocycles. The third kappa shape index (κ3) is 3.45. The molecule has 124 valence electrons. The minimum Gasteiger partial charge on any atom is -0.423 e. The highest BCUT2D eigenvalue weighted by Gasteiger charge is 2.30. The highest BCUT2D eigenvalue weighted by Crippen LogP contribution is 2.27. The van der Waals surface area contributed by atoms with Crippen LogP contribution in [-0.4, -0.2) is 12.1 Å². The molecule has 0 spiro atoms. The van der Waals surface area contributed by atoms with Crippen molar-refractivity contribution in [2.45, 2.75) is 19.7 Å². The van der Waals surface area contributed by atoms with Crippen molar-refractivity contribution in [3.8, 4) is 0 Å². The van der Waals surface area contributed by atoms with E-state index < -0.39 is 7.12 Å². The van der Waals surface area contributed by atoms with Gasteiger partial charge in [0.15, 0.2) is 0 Å². The molecule has 25 heavy (non-hydrogen) atoms. The van der Waals surface area contributed by atoms with E-state index in [-0.39, 0.29) is 0 Å². The Morgan fingerprint density at radius 3 is 2.00 bits per heavy atom. The molecule has 3 aromatic rings. The van der Waals surface area contributed by atoms with Gasteiger partial charge in [0.2, 0.25) is 0 Å².